The van der Waals surface area contributed by atoms with Crippen molar-refractivity contribution < 1.29 is 30.9 Å². The molecule has 12 heteroatoms. The summed E-state index contributed by atoms with van der Waals surface area (Å²) < 4.78 is 37.1. The van der Waals surface area contributed by atoms with Gasteiger partial charge in [-0.1, -0.05) is 20.4 Å². The first-order valence-electron chi connectivity index (χ1n) is 13.8. The smallest absolute Gasteiger partial charge is 0.349 e. The van der Waals surface area contributed by atoms with Gasteiger partial charge in [-0.3, -0.25) is 3.87 Å². The Morgan fingerprint density at radius 3 is 2.15 bits per heavy atom. The number of benzene rings is 1. The SMILES string of the molecule is C=C(COc1cc2c(cc1OC)/C(=C(\C#N)C(=O)OCC)CC2(C)C)S(C)(O[Si](C)(C)C)O[Si](C)(C)O[Si](C)(C)C. The third-order valence-electron chi connectivity index (χ3n) is 6.10. The van der Waals surface area contributed by atoms with Crippen LogP contribution < -0.4 is 9.47 Å². The molecule has 1 aromatic rings. The van der Waals surface area contributed by atoms with Crippen LogP contribution in [0, 0.1) is 11.3 Å². The van der Waals surface area contributed by atoms with E-state index in [9.17, 15) is 10.1 Å². The third kappa shape index (κ3) is 9.31. The van der Waals surface area contributed by atoms with Crippen LogP contribution in [0.15, 0.2) is 29.2 Å². The van der Waals surface area contributed by atoms with Crippen LogP contribution in [0.25, 0.3) is 5.57 Å². The number of carbonyl (C=O) groups is 1. The van der Waals surface area contributed by atoms with Crippen LogP contribution in [0.5, 0.6) is 11.5 Å². The normalized spacial score (nSPS) is 18.4. The number of carbonyl (C=O) groups excluding carboxylic acids is 1. The molecule has 0 saturated carbocycles. The van der Waals surface area contributed by atoms with Crippen molar-refractivity contribution in [3.05, 3.63) is 40.3 Å². The van der Waals surface area contributed by atoms with E-state index in [4.69, 9.17) is 26.1 Å². The van der Waals surface area contributed by atoms with E-state index in [2.05, 4.69) is 78.9 Å². The van der Waals surface area contributed by atoms with E-state index in [1.165, 1.54) is 0 Å². The Kier molecular flexibility index (Phi) is 11.0. The predicted molar refractivity (Wildman–Crippen MR) is 175 cm³/mol. The van der Waals surface area contributed by atoms with E-state index < -0.39 is 41.8 Å². The molecule has 0 spiro atoms. The first-order chi connectivity index (χ1) is 18.6. The van der Waals surface area contributed by atoms with Crippen molar-refractivity contribution in [3.63, 3.8) is 0 Å². The van der Waals surface area contributed by atoms with Gasteiger partial charge in [0.25, 0.3) is 0 Å². The highest BCUT2D eigenvalue weighted by molar-refractivity contribution is 8.29. The van der Waals surface area contributed by atoms with Gasteiger partial charge in [0.2, 0.25) is 8.32 Å². The maximum absolute atomic E-state index is 12.6. The fourth-order valence-corrected chi connectivity index (χ4v) is 19.8. The second kappa shape index (κ2) is 12.8. The zero-order valence-corrected chi connectivity index (χ0v) is 31.0. The van der Waals surface area contributed by atoms with Crippen molar-refractivity contribution in [2.75, 3.05) is 26.6 Å². The summed E-state index contributed by atoms with van der Waals surface area (Å²) in [6.45, 7) is 27.6. The topological polar surface area (TPSA) is 96.2 Å². The van der Waals surface area contributed by atoms with Crippen LogP contribution in [-0.2, 0) is 26.8 Å². The summed E-state index contributed by atoms with van der Waals surface area (Å²) in [5, 5.41) is 9.81. The Labute approximate surface area is 252 Å². The quantitative estimate of drug-likeness (QED) is 0.0934. The lowest BCUT2D eigenvalue weighted by Crippen LogP contribution is -2.46. The summed E-state index contributed by atoms with van der Waals surface area (Å²) in [6, 6.07) is 5.84. The number of ether oxygens (including phenoxy) is 3. The Hall–Kier alpha value is -1.86. The van der Waals surface area contributed by atoms with Gasteiger partial charge >= 0.3 is 14.5 Å². The first-order valence-corrected chi connectivity index (χ1v) is 25.3. The molecule has 0 heterocycles. The molecule has 2 rings (SSSR count). The van der Waals surface area contributed by atoms with Crippen LogP contribution in [0.2, 0.25) is 52.4 Å². The molecule has 0 bridgehead atoms. The van der Waals surface area contributed by atoms with E-state index in [0.717, 1.165) is 16.0 Å². The van der Waals surface area contributed by atoms with Gasteiger partial charge in [0.05, 0.1) is 18.6 Å². The molecule has 230 valence electrons. The van der Waals surface area contributed by atoms with Crippen molar-refractivity contribution in [3.8, 4) is 17.6 Å². The van der Waals surface area contributed by atoms with Gasteiger partial charge in [0, 0.05) is 6.26 Å². The summed E-state index contributed by atoms with van der Waals surface area (Å²) >= 11 is 0. The summed E-state index contributed by atoms with van der Waals surface area (Å²) in [6.07, 6.45) is 2.50. The lowest BCUT2D eigenvalue weighted by Gasteiger charge is -2.49. The predicted octanol–water partition coefficient (Wildman–Crippen LogP) is 7.80. The molecule has 0 radical (unpaired) electrons. The van der Waals surface area contributed by atoms with E-state index in [1.54, 1.807) is 14.0 Å². The van der Waals surface area contributed by atoms with Crippen LogP contribution in [0.3, 0.4) is 0 Å². The third-order valence-corrected chi connectivity index (χ3v) is 17.8. The molecule has 41 heavy (non-hydrogen) atoms. The lowest BCUT2D eigenvalue weighted by atomic mass is 9.86. The van der Waals surface area contributed by atoms with Gasteiger partial charge in [-0.05, 0) is 100.0 Å². The first kappa shape index (κ1) is 35.3. The fourth-order valence-electron chi connectivity index (χ4n) is 4.95. The van der Waals surface area contributed by atoms with Crippen molar-refractivity contribution in [2.45, 2.75) is 85.0 Å². The zero-order chi connectivity index (χ0) is 31.6. The number of allylic oxidation sites excluding steroid dienone is 1. The molecule has 1 aliphatic rings. The summed E-state index contributed by atoms with van der Waals surface area (Å²) in [5.41, 5.74) is 2.10. The average Bonchev–Trinajstić information content (AvgIpc) is 3.03. The van der Waals surface area contributed by atoms with Crippen LogP contribution in [-0.4, -0.2) is 57.7 Å². The van der Waals surface area contributed by atoms with Crippen LogP contribution in [0.4, 0.5) is 0 Å². The van der Waals surface area contributed by atoms with Gasteiger partial charge in [0.1, 0.15) is 18.2 Å². The number of nitriles is 1. The molecule has 0 amide bonds. The largest absolute Gasteiger partial charge is 0.493 e. The van der Waals surface area contributed by atoms with Crippen LogP contribution in [0.1, 0.15) is 38.3 Å². The second-order valence-electron chi connectivity index (χ2n) is 13.3. The number of nitrogens with zero attached hydrogens (tertiary/aromatic N) is 1. The van der Waals surface area contributed by atoms with Crippen molar-refractivity contribution in [1.82, 2.24) is 0 Å². The molecule has 0 N–H and O–H groups in total. The minimum atomic E-state index is -2.55. The molecule has 1 unspecified atom stereocenters. The molecular formula is C29H49NO7SSi3. The second-order valence-corrected chi connectivity index (χ2v) is 28.8. The molecule has 0 fully saturated rings. The molecule has 0 aliphatic heterocycles. The molecule has 0 saturated heterocycles. The number of esters is 1. The fraction of sp³-hybridized carbons (Fsp3) is 0.586. The number of hydrogen-bond donors (Lipinski definition) is 0. The molecule has 8 nitrogen and oxygen atoms in total. The summed E-state index contributed by atoms with van der Waals surface area (Å²) in [5.74, 6) is 0.424. The lowest BCUT2D eigenvalue weighted by molar-refractivity contribution is -0.137. The van der Waals surface area contributed by atoms with E-state index in [0.29, 0.717) is 23.5 Å². The molecule has 1 atom stereocenters. The van der Waals surface area contributed by atoms with Crippen molar-refractivity contribution in [1.29, 1.82) is 5.26 Å². The Morgan fingerprint density at radius 2 is 1.66 bits per heavy atom. The minimum Gasteiger partial charge on any atom is -0.493 e. The summed E-state index contributed by atoms with van der Waals surface area (Å²) in [7, 11) is -7.06. The van der Waals surface area contributed by atoms with Gasteiger partial charge in [-0.25, -0.2) is 4.79 Å². The van der Waals surface area contributed by atoms with E-state index >= 15 is 0 Å². The van der Waals surface area contributed by atoms with Gasteiger partial charge in [0.15, 0.2) is 19.8 Å². The number of fused-ring (bicyclic) bond motifs is 1. The number of methoxy groups -OCH3 is 1. The molecule has 0 aromatic heterocycles. The van der Waals surface area contributed by atoms with E-state index in [-0.39, 0.29) is 24.2 Å². The van der Waals surface area contributed by atoms with Gasteiger partial charge < -0.3 is 22.2 Å². The number of hydrogen-bond acceptors (Lipinski definition) is 8. The zero-order valence-electron chi connectivity index (χ0n) is 27.2. The van der Waals surface area contributed by atoms with Crippen LogP contribution >= 0.6 is 10.6 Å². The average molecular weight is 640 g/mol. The van der Waals surface area contributed by atoms with Crippen molar-refractivity contribution in [2.24, 2.45) is 0 Å². The number of rotatable bonds is 13. The summed E-state index contributed by atoms with van der Waals surface area (Å²) in [4.78, 5) is 13.3. The maximum Gasteiger partial charge on any atom is 0.349 e. The molecule has 1 aliphatic carbocycles. The van der Waals surface area contributed by atoms with Gasteiger partial charge in [-0.2, -0.15) is 15.9 Å². The Bertz CT molecular complexity index is 1240. The van der Waals surface area contributed by atoms with Gasteiger partial charge in [-0.15, -0.1) is 0 Å². The van der Waals surface area contributed by atoms with E-state index in [1.807, 2.05) is 18.4 Å². The standard InChI is InChI=1S/C29H49NO7SSi3/c1-15-33-28(31)24(19-30)23-18-29(3,4)25-17-27(26(32-5)16-22(23)25)34-20-21(2)38(6,35-39(7,8)9)36-41(13,14)37-40(10,11)12/h16-17H,2,15,18,20H2,1,3-14H3/b24-23+. The Balaban J connectivity index is 2.47. The minimum absolute atomic E-state index is 0.0232. The molecule has 1 aromatic carbocycles. The molecular weight excluding hydrogens is 591 g/mol. The Morgan fingerprint density at radius 1 is 1.05 bits per heavy atom. The maximum atomic E-state index is 12.6. The monoisotopic (exact) mass is 639 g/mol. The van der Waals surface area contributed by atoms with Crippen molar-refractivity contribution >= 4 is 47.3 Å². The highest BCUT2D eigenvalue weighted by atomic mass is 32.3. The highest BCUT2D eigenvalue weighted by Gasteiger charge is 2.41. The highest BCUT2D eigenvalue weighted by Crippen LogP contribution is 2.58.